The summed E-state index contributed by atoms with van der Waals surface area (Å²) in [6.07, 6.45) is -0.853. The lowest BCUT2D eigenvalue weighted by Gasteiger charge is -2.25. The van der Waals surface area contributed by atoms with Crippen LogP contribution in [0.2, 0.25) is 0 Å². The molecule has 0 aliphatic carbocycles. The maximum absolute atomic E-state index is 12.3. The third kappa shape index (κ3) is 4.70. The molecule has 0 saturated heterocycles. The number of rotatable bonds is 5. The van der Waals surface area contributed by atoms with Crippen LogP contribution in [0.15, 0.2) is 78.9 Å². The maximum Gasteiger partial charge on any atom is 0.283 e. The number of para-hydroxylation sites is 2. The molecule has 0 saturated carbocycles. The van der Waals surface area contributed by atoms with Crippen LogP contribution in [0.5, 0.6) is 17.2 Å². The highest BCUT2D eigenvalue weighted by Crippen LogP contribution is 2.30. The highest BCUT2D eigenvalue weighted by atomic mass is 16.6. The van der Waals surface area contributed by atoms with Gasteiger partial charge in [-0.25, -0.2) is 0 Å². The van der Waals surface area contributed by atoms with Gasteiger partial charge in [0.2, 0.25) is 6.10 Å². The zero-order valence-corrected chi connectivity index (χ0v) is 16.0. The van der Waals surface area contributed by atoms with Crippen molar-refractivity contribution in [3.63, 3.8) is 0 Å². The van der Waals surface area contributed by atoms with Crippen molar-refractivity contribution in [3.05, 3.63) is 90.0 Å². The number of amides is 2. The molecule has 1 atom stereocenters. The van der Waals surface area contributed by atoms with Crippen molar-refractivity contribution in [2.24, 2.45) is 0 Å². The van der Waals surface area contributed by atoms with Gasteiger partial charge in [-0.05, 0) is 42.0 Å². The van der Waals surface area contributed by atoms with E-state index >= 15 is 0 Å². The van der Waals surface area contributed by atoms with Crippen LogP contribution in [0.3, 0.4) is 0 Å². The molecule has 7 nitrogen and oxygen atoms in total. The average molecular weight is 404 g/mol. The standard InChI is InChI=1S/C23H20N2O5/c26-22(17-10-12-18(13-11-17)28-14-16-6-2-1-3-7-16)24-25-23(27)21-15-29-19-8-4-5-9-20(19)30-21/h1-13,21H,14-15H2,(H,24,26)(H,25,27)/t21-/m1/s1. The molecule has 2 N–H and O–H groups in total. The van der Waals surface area contributed by atoms with Gasteiger partial charge in [-0.1, -0.05) is 42.5 Å². The highest BCUT2D eigenvalue weighted by Gasteiger charge is 2.27. The van der Waals surface area contributed by atoms with Crippen molar-refractivity contribution in [2.45, 2.75) is 12.7 Å². The molecule has 1 aliphatic rings. The molecule has 0 spiro atoms. The van der Waals surface area contributed by atoms with Crippen LogP contribution in [0.1, 0.15) is 15.9 Å². The van der Waals surface area contributed by atoms with Crippen molar-refractivity contribution >= 4 is 11.8 Å². The van der Waals surface area contributed by atoms with Crippen LogP contribution in [0, 0.1) is 0 Å². The number of nitrogens with one attached hydrogen (secondary N) is 2. The Bertz CT molecular complexity index is 1020. The minimum Gasteiger partial charge on any atom is -0.489 e. The quantitative estimate of drug-likeness (QED) is 0.639. The second-order valence-corrected chi connectivity index (χ2v) is 6.61. The fourth-order valence-electron chi connectivity index (χ4n) is 2.86. The van der Waals surface area contributed by atoms with Crippen LogP contribution in [-0.4, -0.2) is 24.5 Å². The van der Waals surface area contributed by atoms with Crippen molar-refractivity contribution in [2.75, 3.05) is 6.61 Å². The van der Waals surface area contributed by atoms with E-state index in [1.54, 1.807) is 42.5 Å². The lowest BCUT2D eigenvalue weighted by molar-refractivity contribution is -0.131. The smallest absolute Gasteiger partial charge is 0.283 e. The lowest BCUT2D eigenvalue weighted by atomic mass is 10.2. The van der Waals surface area contributed by atoms with Crippen LogP contribution >= 0.6 is 0 Å². The van der Waals surface area contributed by atoms with Gasteiger partial charge in [0, 0.05) is 5.56 Å². The lowest BCUT2D eigenvalue weighted by Crippen LogP contribution is -2.50. The first-order chi connectivity index (χ1) is 14.7. The van der Waals surface area contributed by atoms with Crippen molar-refractivity contribution in [1.29, 1.82) is 0 Å². The molecule has 0 fully saturated rings. The Morgan fingerprint density at radius 3 is 2.33 bits per heavy atom. The first-order valence-electron chi connectivity index (χ1n) is 9.44. The molecular weight excluding hydrogens is 384 g/mol. The summed E-state index contributed by atoms with van der Waals surface area (Å²) in [5.74, 6) is 0.767. The van der Waals surface area contributed by atoms with E-state index in [4.69, 9.17) is 14.2 Å². The molecule has 1 aliphatic heterocycles. The Morgan fingerprint density at radius 2 is 1.57 bits per heavy atom. The largest absolute Gasteiger partial charge is 0.489 e. The molecule has 0 radical (unpaired) electrons. The van der Waals surface area contributed by atoms with E-state index in [2.05, 4.69) is 10.9 Å². The highest BCUT2D eigenvalue weighted by molar-refractivity contribution is 5.95. The number of ether oxygens (including phenoxy) is 3. The molecule has 0 aromatic heterocycles. The fraction of sp³-hybridized carbons (Fsp3) is 0.130. The topological polar surface area (TPSA) is 85.9 Å². The summed E-state index contributed by atoms with van der Waals surface area (Å²) in [5.41, 5.74) is 6.19. The Balaban J connectivity index is 1.26. The number of carbonyl (C=O) groups is 2. The molecular formula is C23H20N2O5. The van der Waals surface area contributed by atoms with E-state index < -0.39 is 17.9 Å². The molecule has 7 heteroatoms. The van der Waals surface area contributed by atoms with Gasteiger partial charge in [0.05, 0.1) is 0 Å². The fourth-order valence-corrected chi connectivity index (χ4v) is 2.86. The van der Waals surface area contributed by atoms with Crippen LogP contribution in [-0.2, 0) is 11.4 Å². The Hall–Kier alpha value is -4.00. The van der Waals surface area contributed by atoms with E-state index in [0.29, 0.717) is 29.4 Å². The van der Waals surface area contributed by atoms with Gasteiger partial charge < -0.3 is 14.2 Å². The number of fused-ring (bicyclic) bond motifs is 1. The number of carbonyl (C=O) groups excluding carboxylic acids is 2. The number of benzene rings is 3. The average Bonchev–Trinajstić information content (AvgIpc) is 2.81. The summed E-state index contributed by atoms with van der Waals surface area (Å²) in [4.78, 5) is 24.5. The maximum atomic E-state index is 12.3. The van der Waals surface area contributed by atoms with Crippen LogP contribution < -0.4 is 25.1 Å². The summed E-state index contributed by atoms with van der Waals surface area (Å²) in [7, 11) is 0. The van der Waals surface area contributed by atoms with Gasteiger partial charge in [0.15, 0.2) is 11.5 Å². The predicted molar refractivity (Wildman–Crippen MR) is 109 cm³/mol. The Labute approximate surface area is 173 Å². The zero-order valence-electron chi connectivity index (χ0n) is 16.0. The van der Waals surface area contributed by atoms with Gasteiger partial charge in [0.1, 0.15) is 19.0 Å². The Morgan fingerprint density at radius 1 is 0.867 bits per heavy atom. The summed E-state index contributed by atoms with van der Waals surface area (Å²) in [6, 6.07) is 23.5. The van der Waals surface area contributed by atoms with E-state index in [1.807, 2.05) is 36.4 Å². The van der Waals surface area contributed by atoms with Crippen molar-refractivity contribution < 1.29 is 23.8 Å². The molecule has 2 amide bonds. The van der Waals surface area contributed by atoms with Crippen molar-refractivity contribution in [1.82, 2.24) is 10.9 Å². The van der Waals surface area contributed by atoms with E-state index in [9.17, 15) is 9.59 Å². The summed E-state index contributed by atoms with van der Waals surface area (Å²) in [6.45, 7) is 0.501. The molecule has 1 heterocycles. The van der Waals surface area contributed by atoms with E-state index in [0.717, 1.165) is 5.56 Å². The van der Waals surface area contributed by atoms with Gasteiger partial charge in [-0.2, -0.15) is 0 Å². The monoisotopic (exact) mass is 404 g/mol. The minimum absolute atomic E-state index is 0.0617. The van der Waals surface area contributed by atoms with E-state index in [-0.39, 0.29) is 6.61 Å². The molecule has 3 aromatic rings. The number of hydrogen-bond donors (Lipinski definition) is 2. The van der Waals surface area contributed by atoms with Crippen LogP contribution in [0.25, 0.3) is 0 Å². The third-order valence-corrected chi connectivity index (χ3v) is 4.47. The molecule has 152 valence electrons. The summed E-state index contributed by atoms with van der Waals surface area (Å²) in [5, 5.41) is 0. The number of hydrogen-bond acceptors (Lipinski definition) is 5. The molecule has 30 heavy (non-hydrogen) atoms. The predicted octanol–water partition coefficient (Wildman–Crippen LogP) is 2.87. The van der Waals surface area contributed by atoms with Gasteiger partial charge in [0.25, 0.3) is 11.8 Å². The first-order valence-corrected chi connectivity index (χ1v) is 9.44. The minimum atomic E-state index is -0.853. The SMILES string of the molecule is O=C(NNC(=O)[C@H]1COc2ccccc2O1)c1ccc(OCc2ccccc2)cc1. The van der Waals surface area contributed by atoms with Gasteiger partial charge >= 0.3 is 0 Å². The van der Waals surface area contributed by atoms with E-state index in [1.165, 1.54) is 0 Å². The Kier molecular flexibility index (Phi) is 5.80. The second kappa shape index (κ2) is 9.00. The first kappa shape index (κ1) is 19.3. The van der Waals surface area contributed by atoms with Crippen molar-refractivity contribution in [3.8, 4) is 17.2 Å². The zero-order chi connectivity index (χ0) is 20.8. The third-order valence-electron chi connectivity index (χ3n) is 4.47. The number of hydrazine groups is 1. The van der Waals surface area contributed by atoms with Crippen LogP contribution in [0.4, 0.5) is 0 Å². The molecule has 0 unspecified atom stereocenters. The van der Waals surface area contributed by atoms with Gasteiger partial charge in [-0.3, -0.25) is 20.4 Å². The second-order valence-electron chi connectivity index (χ2n) is 6.61. The molecule has 4 rings (SSSR count). The summed E-state index contributed by atoms with van der Waals surface area (Å²) < 4.78 is 16.8. The molecule has 0 bridgehead atoms. The normalized spacial score (nSPS) is 14.5. The summed E-state index contributed by atoms with van der Waals surface area (Å²) >= 11 is 0. The molecule has 3 aromatic carbocycles. The van der Waals surface area contributed by atoms with Gasteiger partial charge in [-0.15, -0.1) is 0 Å².